The monoisotopic (exact) mass is 548 g/mol. The number of anilines is 1. The van der Waals surface area contributed by atoms with Crippen molar-refractivity contribution >= 4 is 33.2 Å². The second-order valence-electron chi connectivity index (χ2n) is 9.02. The number of carbonyl (C=O) groups is 1. The molecule has 1 amide bonds. The maximum Gasteiger partial charge on any atom is 0.251 e. The molecule has 0 heterocycles. The predicted octanol–water partition coefficient (Wildman–Crippen LogP) is 6.63. The van der Waals surface area contributed by atoms with Crippen LogP contribution in [0.1, 0.15) is 34.3 Å². The summed E-state index contributed by atoms with van der Waals surface area (Å²) in [5, 5.41) is 3.35. The Morgan fingerprint density at radius 2 is 1.55 bits per heavy atom. The van der Waals surface area contributed by atoms with Crippen LogP contribution in [0.15, 0.2) is 103 Å². The van der Waals surface area contributed by atoms with Crippen molar-refractivity contribution < 1.29 is 17.9 Å². The lowest BCUT2D eigenvalue weighted by molar-refractivity contribution is 0.0951. The first kappa shape index (κ1) is 27.2. The van der Waals surface area contributed by atoms with E-state index >= 15 is 0 Å². The number of sulfonamides is 1. The Hall–Kier alpha value is -3.81. The highest BCUT2D eigenvalue weighted by atomic mass is 35.5. The van der Waals surface area contributed by atoms with Crippen molar-refractivity contribution in [1.29, 1.82) is 0 Å². The fraction of sp³-hybridized carbons (Fsp3) is 0.167. The van der Waals surface area contributed by atoms with Crippen LogP contribution in [0.4, 0.5) is 5.69 Å². The second-order valence-corrected chi connectivity index (χ2v) is 11.4. The molecule has 196 valence electrons. The van der Waals surface area contributed by atoms with Crippen molar-refractivity contribution in [3.05, 3.63) is 125 Å². The molecule has 1 unspecified atom stereocenters. The van der Waals surface area contributed by atoms with E-state index in [0.717, 1.165) is 11.8 Å². The van der Waals surface area contributed by atoms with Gasteiger partial charge < -0.3 is 10.1 Å². The number of nitrogens with one attached hydrogen (secondary N) is 1. The molecule has 0 aliphatic heterocycles. The molecule has 0 aromatic heterocycles. The summed E-state index contributed by atoms with van der Waals surface area (Å²) in [5.41, 5.74) is 2.67. The van der Waals surface area contributed by atoms with Gasteiger partial charge in [-0.3, -0.25) is 9.10 Å². The largest absolute Gasteiger partial charge is 0.455 e. The van der Waals surface area contributed by atoms with E-state index in [4.69, 9.17) is 16.3 Å². The smallest absolute Gasteiger partial charge is 0.251 e. The lowest BCUT2D eigenvalue weighted by atomic mass is 10.0. The van der Waals surface area contributed by atoms with Gasteiger partial charge in [0.15, 0.2) is 5.75 Å². The van der Waals surface area contributed by atoms with Crippen LogP contribution in [0, 0.1) is 0 Å². The summed E-state index contributed by atoms with van der Waals surface area (Å²) in [6.45, 7) is 2.60. The average Bonchev–Trinajstić information content (AvgIpc) is 2.92. The zero-order valence-corrected chi connectivity index (χ0v) is 22.7. The third-order valence-corrected chi connectivity index (χ3v) is 7.40. The summed E-state index contributed by atoms with van der Waals surface area (Å²) < 4.78 is 32.9. The maximum atomic E-state index is 12.9. The molecule has 8 heteroatoms. The molecule has 1 N–H and O–H groups in total. The van der Waals surface area contributed by atoms with Crippen molar-refractivity contribution in [2.24, 2.45) is 0 Å². The zero-order valence-electron chi connectivity index (χ0n) is 21.2. The molecular formula is C30H29ClN2O4S. The highest BCUT2D eigenvalue weighted by Crippen LogP contribution is 2.36. The van der Waals surface area contributed by atoms with Gasteiger partial charge in [0.25, 0.3) is 5.91 Å². The number of carbonyl (C=O) groups excluding carboxylic acids is 1. The Kier molecular flexibility index (Phi) is 8.71. The minimum absolute atomic E-state index is 0.0390. The van der Waals surface area contributed by atoms with Crippen molar-refractivity contribution in [2.45, 2.75) is 19.4 Å². The number of halogens is 1. The van der Waals surface area contributed by atoms with Crippen LogP contribution in [0.2, 0.25) is 5.02 Å². The highest BCUT2D eigenvalue weighted by Gasteiger charge is 2.23. The number of nitrogens with zero attached hydrogens (tertiary/aromatic N) is 1. The quantitative estimate of drug-likeness (QED) is 0.241. The van der Waals surface area contributed by atoms with Crippen LogP contribution in [-0.2, 0) is 16.6 Å². The Balaban J connectivity index is 1.50. The van der Waals surface area contributed by atoms with Crippen LogP contribution >= 0.6 is 11.6 Å². The average molecular weight is 549 g/mol. The van der Waals surface area contributed by atoms with E-state index in [-0.39, 0.29) is 18.4 Å². The summed E-state index contributed by atoms with van der Waals surface area (Å²) in [6.07, 6.45) is 1.13. The number of para-hydroxylation sites is 1. The van der Waals surface area contributed by atoms with E-state index in [1.807, 2.05) is 48.5 Å². The summed E-state index contributed by atoms with van der Waals surface area (Å²) in [7, 11) is -3.70. The Labute approximate surface area is 228 Å². The minimum Gasteiger partial charge on any atom is -0.455 e. The first-order chi connectivity index (χ1) is 18.2. The van der Waals surface area contributed by atoms with E-state index in [0.29, 0.717) is 39.9 Å². The fourth-order valence-electron chi connectivity index (χ4n) is 3.94. The standard InChI is InChI=1S/C30H29ClN2O4S/c1-22(24-9-5-3-6-10-24)20-32-30(34)25-15-13-23(14-16-25)21-33(38(2,35)36)28-19-26(31)17-18-29(28)37-27-11-7-4-8-12-27/h3-19,22H,20-21H2,1-2H3,(H,32,34). The highest BCUT2D eigenvalue weighted by molar-refractivity contribution is 7.92. The fourth-order valence-corrected chi connectivity index (χ4v) is 4.99. The minimum atomic E-state index is -3.70. The molecular weight excluding hydrogens is 520 g/mol. The van der Waals surface area contributed by atoms with E-state index in [1.54, 1.807) is 54.6 Å². The van der Waals surface area contributed by atoms with Crippen molar-refractivity contribution in [3.63, 3.8) is 0 Å². The van der Waals surface area contributed by atoms with Crippen LogP contribution in [0.3, 0.4) is 0 Å². The number of amides is 1. The second kappa shape index (κ2) is 12.2. The van der Waals surface area contributed by atoms with Crippen LogP contribution in [0.5, 0.6) is 11.5 Å². The van der Waals surface area contributed by atoms with Gasteiger partial charge in [-0.05, 0) is 59.5 Å². The first-order valence-electron chi connectivity index (χ1n) is 12.1. The normalized spacial score (nSPS) is 12.0. The third kappa shape index (κ3) is 7.15. The lowest BCUT2D eigenvalue weighted by Crippen LogP contribution is -2.30. The molecule has 0 aliphatic rings. The summed E-state index contributed by atoms with van der Waals surface area (Å²) in [6, 6.07) is 30.8. The summed E-state index contributed by atoms with van der Waals surface area (Å²) in [4.78, 5) is 12.7. The summed E-state index contributed by atoms with van der Waals surface area (Å²) >= 11 is 6.24. The zero-order chi connectivity index (χ0) is 27.1. The van der Waals surface area contributed by atoms with E-state index < -0.39 is 10.0 Å². The van der Waals surface area contributed by atoms with Crippen LogP contribution < -0.4 is 14.4 Å². The van der Waals surface area contributed by atoms with Gasteiger partial charge in [0.05, 0.1) is 18.5 Å². The molecule has 0 fully saturated rings. The maximum absolute atomic E-state index is 12.9. The van der Waals surface area contributed by atoms with E-state index in [2.05, 4.69) is 12.2 Å². The van der Waals surface area contributed by atoms with Crippen LogP contribution in [-0.4, -0.2) is 27.1 Å². The van der Waals surface area contributed by atoms with Gasteiger partial charge in [-0.1, -0.05) is 79.2 Å². The number of ether oxygens (including phenoxy) is 1. The van der Waals surface area contributed by atoms with Crippen molar-refractivity contribution in [1.82, 2.24) is 5.32 Å². The first-order valence-corrected chi connectivity index (χ1v) is 14.4. The van der Waals surface area contributed by atoms with Gasteiger partial charge in [-0.2, -0.15) is 0 Å². The molecule has 4 aromatic rings. The molecule has 4 rings (SSSR count). The van der Waals surface area contributed by atoms with Gasteiger partial charge in [-0.25, -0.2) is 8.42 Å². The number of hydrogen-bond acceptors (Lipinski definition) is 4. The van der Waals surface area contributed by atoms with E-state index in [1.165, 1.54) is 4.31 Å². The van der Waals surface area contributed by atoms with Gasteiger partial charge in [0.2, 0.25) is 10.0 Å². The van der Waals surface area contributed by atoms with Crippen molar-refractivity contribution in [3.8, 4) is 11.5 Å². The molecule has 6 nitrogen and oxygen atoms in total. The van der Waals surface area contributed by atoms with Gasteiger partial charge >= 0.3 is 0 Å². The molecule has 38 heavy (non-hydrogen) atoms. The summed E-state index contributed by atoms with van der Waals surface area (Å²) in [5.74, 6) is 0.913. The molecule has 0 spiro atoms. The van der Waals surface area contributed by atoms with E-state index in [9.17, 15) is 13.2 Å². The van der Waals surface area contributed by atoms with Gasteiger partial charge in [0.1, 0.15) is 5.75 Å². The SMILES string of the molecule is CC(CNC(=O)c1ccc(CN(c2cc(Cl)ccc2Oc2ccccc2)S(C)(=O)=O)cc1)c1ccccc1. The van der Waals surface area contributed by atoms with Gasteiger partial charge in [-0.15, -0.1) is 0 Å². The number of benzene rings is 4. The molecule has 0 saturated heterocycles. The predicted molar refractivity (Wildman–Crippen MR) is 153 cm³/mol. The molecule has 0 saturated carbocycles. The molecule has 0 radical (unpaired) electrons. The van der Waals surface area contributed by atoms with Crippen molar-refractivity contribution in [2.75, 3.05) is 17.1 Å². The topological polar surface area (TPSA) is 75.7 Å². The number of hydrogen-bond donors (Lipinski definition) is 1. The third-order valence-electron chi connectivity index (χ3n) is 6.04. The molecule has 1 atom stereocenters. The Bertz CT molecular complexity index is 1480. The lowest BCUT2D eigenvalue weighted by Gasteiger charge is -2.25. The molecule has 0 aliphatic carbocycles. The van der Waals surface area contributed by atoms with Crippen LogP contribution in [0.25, 0.3) is 0 Å². The number of rotatable bonds is 10. The van der Waals surface area contributed by atoms with Gasteiger partial charge in [0, 0.05) is 17.1 Å². The Morgan fingerprint density at radius 3 is 2.18 bits per heavy atom. The molecule has 4 aromatic carbocycles. The molecule has 0 bridgehead atoms. The Morgan fingerprint density at radius 1 is 0.921 bits per heavy atom.